The Morgan fingerprint density at radius 1 is 1.06 bits per heavy atom. The third-order valence-electron chi connectivity index (χ3n) is 6.01. The van der Waals surface area contributed by atoms with Crippen molar-refractivity contribution in [3.8, 4) is 11.3 Å². The average Bonchev–Trinajstić information content (AvgIpc) is 3.30. The number of likely N-dealkylation sites (N-methyl/N-ethyl adjacent to an activating group) is 1. The lowest BCUT2D eigenvalue weighted by Gasteiger charge is -2.35. The van der Waals surface area contributed by atoms with Gasteiger partial charge in [-0.25, -0.2) is 8.42 Å². The zero-order valence-corrected chi connectivity index (χ0v) is 19.6. The van der Waals surface area contributed by atoms with Crippen LogP contribution in [0.4, 0.5) is 0 Å². The second-order valence-electron chi connectivity index (χ2n) is 8.41. The summed E-state index contributed by atoms with van der Waals surface area (Å²) in [5, 5.41) is 4.15. The van der Waals surface area contributed by atoms with Gasteiger partial charge in [0, 0.05) is 44.7 Å². The van der Waals surface area contributed by atoms with Gasteiger partial charge in [0.15, 0.2) is 9.84 Å². The standard InChI is InChI=1S/C25H29N3O4S/c1-27(14-8-13-22-19-23(26-32-22)20-9-4-2-5-10-20)25(29)24(21-11-6-3-7-12-21)28-15-17-33(30,31)18-16-28/h2-7,9-12,19,24H,8,13-18H2,1H3. The summed E-state index contributed by atoms with van der Waals surface area (Å²) in [7, 11) is -1.22. The summed E-state index contributed by atoms with van der Waals surface area (Å²) < 4.78 is 29.3. The molecule has 1 aliphatic rings. The summed E-state index contributed by atoms with van der Waals surface area (Å²) in [6, 6.07) is 20.9. The molecule has 1 fully saturated rings. The van der Waals surface area contributed by atoms with E-state index < -0.39 is 15.9 Å². The van der Waals surface area contributed by atoms with Gasteiger partial charge in [-0.1, -0.05) is 65.8 Å². The van der Waals surface area contributed by atoms with Crippen molar-refractivity contribution in [2.75, 3.05) is 38.2 Å². The lowest BCUT2D eigenvalue weighted by molar-refractivity contribution is -0.136. The molecule has 33 heavy (non-hydrogen) atoms. The molecule has 0 radical (unpaired) electrons. The summed E-state index contributed by atoms with van der Waals surface area (Å²) in [5.41, 5.74) is 2.70. The number of amides is 1. The van der Waals surface area contributed by atoms with Crippen molar-refractivity contribution >= 4 is 15.7 Å². The number of aryl methyl sites for hydroxylation is 1. The Balaban J connectivity index is 1.38. The van der Waals surface area contributed by atoms with Crippen LogP contribution in [0.3, 0.4) is 0 Å². The van der Waals surface area contributed by atoms with Crippen molar-refractivity contribution in [1.29, 1.82) is 0 Å². The fourth-order valence-electron chi connectivity index (χ4n) is 4.11. The van der Waals surface area contributed by atoms with E-state index in [4.69, 9.17) is 4.52 Å². The zero-order chi connectivity index (χ0) is 23.3. The first kappa shape index (κ1) is 23.2. The Bertz CT molecular complexity index is 1150. The monoisotopic (exact) mass is 467 g/mol. The van der Waals surface area contributed by atoms with E-state index in [1.165, 1.54) is 0 Å². The highest BCUT2D eigenvalue weighted by molar-refractivity contribution is 7.91. The van der Waals surface area contributed by atoms with Crippen LogP contribution in [0, 0.1) is 0 Å². The smallest absolute Gasteiger partial charge is 0.244 e. The van der Waals surface area contributed by atoms with Crippen LogP contribution in [-0.2, 0) is 21.1 Å². The maximum absolute atomic E-state index is 13.4. The van der Waals surface area contributed by atoms with Gasteiger partial charge in [-0.15, -0.1) is 0 Å². The van der Waals surface area contributed by atoms with E-state index in [1.54, 1.807) is 11.9 Å². The number of nitrogens with zero attached hydrogens (tertiary/aromatic N) is 3. The largest absolute Gasteiger partial charge is 0.361 e. The number of benzene rings is 2. The second-order valence-corrected chi connectivity index (χ2v) is 10.7. The lowest BCUT2D eigenvalue weighted by atomic mass is 10.0. The molecule has 7 nitrogen and oxygen atoms in total. The summed E-state index contributed by atoms with van der Waals surface area (Å²) in [5.74, 6) is 0.934. The van der Waals surface area contributed by atoms with Crippen molar-refractivity contribution in [2.45, 2.75) is 18.9 Å². The van der Waals surface area contributed by atoms with Crippen molar-refractivity contribution in [3.05, 3.63) is 78.1 Å². The molecule has 0 N–H and O–H groups in total. The highest BCUT2D eigenvalue weighted by atomic mass is 32.2. The van der Waals surface area contributed by atoms with E-state index in [0.29, 0.717) is 26.1 Å². The zero-order valence-electron chi connectivity index (χ0n) is 18.8. The van der Waals surface area contributed by atoms with Crippen molar-refractivity contribution in [1.82, 2.24) is 15.0 Å². The second kappa shape index (κ2) is 10.3. The summed E-state index contributed by atoms with van der Waals surface area (Å²) in [6.07, 6.45) is 1.41. The highest BCUT2D eigenvalue weighted by Crippen LogP contribution is 2.25. The quantitative estimate of drug-likeness (QED) is 0.506. The predicted molar refractivity (Wildman–Crippen MR) is 127 cm³/mol. The van der Waals surface area contributed by atoms with E-state index in [1.807, 2.05) is 71.6 Å². The van der Waals surface area contributed by atoms with Crippen LogP contribution in [0.25, 0.3) is 11.3 Å². The number of carbonyl (C=O) groups is 1. The lowest BCUT2D eigenvalue weighted by Crippen LogP contribution is -2.48. The molecule has 1 amide bonds. The van der Waals surface area contributed by atoms with Gasteiger partial charge in [0.05, 0.1) is 11.5 Å². The van der Waals surface area contributed by atoms with Gasteiger partial charge < -0.3 is 9.42 Å². The van der Waals surface area contributed by atoms with Crippen LogP contribution in [0.15, 0.2) is 71.3 Å². The molecule has 0 aliphatic carbocycles. The molecule has 1 aliphatic heterocycles. The molecule has 4 rings (SSSR count). The van der Waals surface area contributed by atoms with Crippen LogP contribution in [0.2, 0.25) is 0 Å². The molecule has 2 aromatic carbocycles. The molecule has 0 spiro atoms. The molecule has 8 heteroatoms. The Kier molecular flexibility index (Phi) is 7.25. The molecule has 0 saturated carbocycles. The molecular formula is C25H29N3O4S. The number of hydrogen-bond acceptors (Lipinski definition) is 6. The Morgan fingerprint density at radius 2 is 1.70 bits per heavy atom. The summed E-state index contributed by atoms with van der Waals surface area (Å²) >= 11 is 0. The van der Waals surface area contributed by atoms with Crippen molar-refractivity contribution in [3.63, 3.8) is 0 Å². The third-order valence-corrected chi connectivity index (χ3v) is 7.62. The van der Waals surface area contributed by atoms with E-state index in [0.717, 1.165) is 29.0 Å². The molecule has 174 valence electrons. The summed E-state index contributed by atoms with van der Waals surface area (Å²) in [4.78, 5) is 17.2. The van der Waals surface area contributed by atoms with Crippen molar-refractivity contribution in [2.24, 2.45) is 0 Å². The third kappa shape index (κ3) is 5.89. The predicted octanol–water partition coefficient (Wildman–Crippen LogP) is 3.20. The van der Waals surface area contributed by atoms with Gasteiger partial charge in [0.25, 0.3) is 0 Å². The highest BCUT2D eigenvalue weighted by Gasteiger charge is 2.33. The first-order valence-corrected chi connectivity index (χ1v) is 13.0. The van der Waals surface area contributed by atoms with Crippen LogP contribution in [-0.4, -0.2) is 67.5 Å². The molecule has 2 heterocycles. The first-order chi connectivity index (χ1) is 15.9. The number of aromatic nitrogens is 1. The average molecular weight is 468 g/mol. The van der Waals surface area contributed by atoms with Crippen LogP contribution in [0.5, 0.6) is 0 Å². The van der Waals surface area contributed by atoms with Gasteiger partial charge in [-0.05, 0) is 12.0 Å². The number of carbonyl (C=O) groups excluding carboxylic acids is 1. The van der Waals surface area contributed by atoms with Gasteiger partial charge in [0.2, 0.25) is 5.91 Å². The molecule has 1 aromatic heterocycles. The minimum Gasteiger partial charge on any atom is -0.361 e. The van der Waals surface area contributed by atoms with Gasteiger partial charge in [0.1, 0.15) is 17.5 Å². The van der Waals surface area contributed by atoms with E-state index in [2.05, 4.69) is 5.16 Å². The van der Waals surface area contributed by atoms with Gasteiger partial charge >= 0.3 is 0 Å². The van der Waals surface area contributed by atoms with Gasteiger partial charge in [-0.2, -0.15) is 0 Å². The fraction of sp³-hybridized carbons (Fsp3) is 0.360. The minimum absolute atomic E-state index is 0.0250. The van der Waals surface area contributed by atoms with E-state index in [-0.39, 0.29) is 17.4 Å². The van der Waals surface area contributed by atoms with Crippen molar-refractivity contribution < 1.29 is 17.7 Å². The van der Waals surface area contributed by atoms with Gasteiger partial charge in [-0.3, -0.25) is 9.69 Å². The molecular weight excluding hydrogens is 438 g/mol. The summed E-state index contributed by atoms with van der Waals surface area (Å²) in [6.45, 7) is 1.29. The van der Waals surface area contributed by atoms with E-state index >= 15 is 0 Å². The van der Waals surface area contributed by atoms with Crippen LogP contribution in [0.1, 0.15) is 23.8 Å². The van der Waals surface area contributed by atoms with Crippen LogP contribution < -0.4 is 0 Å². The van der Waals surface area contributed by atoms with E-state index in [9.17, 15) is 13.2 Å². The number of rotatable bonds is 8. The molecule has 0 bridgehead atoms. The fourth-order valence-corrected chi connectivity index (χ4v) is 5.34. The SMILES string of the molecule is CN(CCCc1cc(-c2ccccc2)no1)C(=O)C(c1ccccc1)N1CCS(=O)(=O)CC1. The first-order valence-electron chi connectivity index (χ1n) is 11.2. The molecule has 1 unspecified atom stereocenters. The van der Waals surface area contributed by atoms with Crippen LogP contribution >= 0.6 is 0 Å². The molecule has 1 atom stereocenters. The topological polar surface area (TPSA) is 83.7 Å². The number of hydrogen-bond donors (Lipinski definition) is 0. The maximum atomic E-state index is 13.4. The Hall–Kier alpha value is -2.97. The molecule has 1 saturated heterocycles. The molecule has 3 aromatic rings. The minimum atomic E-state index is -3.02. The number of sulfone groups is 1. The Morgan fingerprint density at radius 3 is 2.36 bits per heavy atom. The Labute approximate surface area is 194 Å². The normalized spacial score (nSPS) is 16.9. The maximum Gasteiger partial charge on any atom is 0.244 e.